The van der Waals surface area contributed by atoms with Gasteiger partial charge in [-0.3, -0.25) is 34.2 Å². The Bertz CT molecular complexity index is 1460. The van der Waals surface area contributed by atoms with Crippen molar-refractivity contribution in [3.63, 3.8) is 0 Å². The van der Waals surface area contributed by atoms with Crippen molar-refractivity contribution in [1.82, 2.24) is 20.4 Å². The molecule has 2 N–H and O–H groups in total. The number of hydrogen-bond donors (Lipinski definition) is 2. The van der Waals surface area contributed by atoms with E-state index in [2.05, 4.69) is 15.5 Å². The largest absolute Gasteiger partial charge is 0.445 e. The van der Waals surface area contributed by atoms with E-state index >= 15 is 0 Å². The number of amides is 6. The van der Waals surface area contributed by atoms with E-state index in [9.17, 15) is 28.8 Å². The Labute approximate surface area is 248 Å². The lowest BCUT2D eigenvalue weighted by Crippen LogP contribution is -2.54. The highest BCUT2D eigenvalue weighted by Gasteiger charge is 2.45. The maximum atomic E-state index is 13.1. The fourth-order valence-corrected chi connectivity index (χ4v) is 6.15. The monoisotopic (exact) mass is 587 g/mol. The second kappa shape index (κ2) is 11.9. The molecular formula is C31H33N5O7. The minimum Gasteiger partial charge on any atom is -0.445 e. The molecule has 4 aliphatic heterocycles. The molecule has 0 saturated carbocycles. The minimum atomic E-state index is -0.998. The first-order chi connectivity index (χ1) is 20.8. The number of ether oxygens (including phenoxy) is 1. The molecule has 2 aromatic carbocycles. The summed E-state index contributed by atoms with van der Waals surface area (Å²) in [5, 5.41) is 5.10. The van der Waals surface area contributed by atoms with Crippen molar-refractivity contribution in [3.05, 3.63) is 65.2 Å². The number of rotatable bonds is 7. The van der Waals surface area contributed by atoms with Gasteiger partial charge in [0.1, 0.15) is 12.6 Å². The molecule has 6 rings (SSSR count). The number of carbonyl (C=O) groups excluding carboxylic acids is 6. The van der Waals surface area contributed by atoms with Crippen LogP contribution in [0, 0.1) is 5.92 Å². The number of hydrogen-bond acceptors (Lipinski definition) is 8. The zero-order chi connectivity index (χ0) is 30.1. The van der Waals surface area contributed by atoms with Gasteiger partial charge in [-0.05, 0) is 43.0 Å². The summed E-state index contributed by atoms with van der Waals surface area (Å²) in [7, 11) is 0. The number of likely N-dealkylation sites (tertiary alicyclic amines) is 1. The fourth-order valence-electron chi connectivity index (χ4n) is 6.15. The number of fused-ring (bicyclic) bond motifs is 1. The summed E-state index contributed by atoms with van der Waals surface area (Å²) in [6, 6.07) is 13.5. The van der Waals surface area contributed by atoms with Gasteiger partial charge in [0.2, 0.25) is 17.7 Å². The molecule has 4 heterocycles. The molecule has 3 saturated heterocycles. The van der Waals surface area contributed by atoms with Gasteiger partial charge in [-0.15, -0.1) is 0 Å². The third-order valence-corrected chi connectivity index (χ3v) is 8.59. The van der Waals surface area contributed by atoms with Crippen LogP contribution < -0.4 is 15.5 Å². The van der Waals surface area contributed by atoms with Crippen LogP contribution in [-0.4, -0.2) is 83.7 Å². The van der Waals surface area contributed by atoms with E-state index in [0.717, 1.165) is 16.2 Å². The highest BCUT2D eigenvalue weighted by Crippen LogP contribution is 2.33. The fraction of sp³-hybridized carbons (Fsp3) is 0.419. The van der Waals surface area contributed by atoms with Crippen LogP contribution in [0.2, 0.25) is 0 Å². The van der Waals surface area contributed by atoms with Gasteiger partial charge in [-0.25, -0.2) is 4.79 Å². The van der Waals surface area contributed by atoms with Crippen LogP contribution in [0.15, 0.2) is 48.5 Å². The summed E-state index contributed by atoms with van der Waals surface area (Å²) in [4.78, 5) is 79.8. The zero-order valence-corrected chi connectivity index (χ0v) is 23.6. The van der Waals surface area contributed by atoms with Crippen molar-refractivity contribution < 1.29 is 33.5 Å². The SMILES string of the molecule is O=C1CCC(N2C(=O)c3ccc(N4CC(CC(=O)N5CCC(NC(=O)OCc6ccccc6)CC5)C4)cc3C2=O)C(=O)N1. The predicted molar refractivity (Wildman–Crippen MR) is 153 cm³/mol. The lowest BCUT2D eigenvalue weighted by Gasteiger charge is -2.42. The molecular weight excluding hydrogens is 554 g/mol. The van der Waals surface area contributed by atoms with E-state index in [1.807, 2.05) is 35.2 Å². The molecule has 12 nitrogen and oxygen atoms in total. The molecule has 12 heteroatoms. The van der Waals surface area contributed by atoms with Crippen molar-refractivity contribution in [2.24, 2.45) is 5.92 Å². The molecule has 1 atom stereocenters. The van der Waals surface area contributed by atoms with Crippen LogP contribution in [0.5, 0.6) is 0 Å². The summed E-state index contributed by atoms with van der Waals surface area (Å²) in [6.45, 7) is 2.65. The number of nitrogens with one attached hydrogen (secondary N) is 2. The standard InChI is InChI=1S/C31H33N5O7/c37-26-9-8-25(28(39)33-26)36-29(40)23-7-6-22(15-24(23)30(36)41)35-16-20(17-35)14-27(38)34-12-10-21(11-13-34)32-31(42)43-18-19-4-2-1-3-5-19/h1-7,15,20-21,25H,8-14,16-18H2,(H,32,42)(H,33,37,39). The molecule has 0 spiro atoms. The molecule has 43 heavy (non-hydrogen) atoms. The summed E-state index contributed by atoms with van der Waals surface area (Å²) in [5.74, 6) is -1.86. The van der Waals surface area contributed by atoms with Gasteiger partial charge in [-0.1, -0.05) is 30.3 Å². The molecule has 2 aromatic rings. The summed E-state index contributed by atoms with van der Waals surface area (Å²) < 4.78 is 5.30. The quantitative estimate of drug-likeness (QED) is 0.467. The second-order valence-corrected chi connectivity index (χ2v) is 11.5. The van der Waals surface area contributed by atoms with Gasteiger partial charge in [0, 0.05) is 56.7 Å². The first-order valence-corrected chi connectivity index (χ1v) is 14.6. The Balaban J connectivity index is 0.946. The van der Waals surface area contributed by atoms with Crippen molar-refractivity contribution in [1.29, 1.82) is 0 Å². The Hall–Kier alpha value is -4.74. The van der Waals surface area contributed by atoms with Crippen molar-refractivity contribution in [2.45, 2.75) is 50.8 Å². The normalized spacial score (nSPS) is 20.9. The molecule has 3 fully saturated rings. The lowest BCUT2D eigenvalue weighted by atomic mass is 9.93. The average molecular weight is 588 g/mol. The number of anilines is 1. The molecule has 1 unspecified atom stereocenters. The Kier molecular flexibility index (Phi) is 7.83. The molecule has 0 bridgehead atoms. The summed E-state index contributed by atoms with van der Waals surface area (Å²) in [6.07, 6.45) is 1.48. The van der Waals surface area contributed by atoms with Crippen molar-refractivity contribution >= 4 is 41.3 Å². The number of piperidine rings is 2. The molecule has 0 aliphatic carbocycles. The second-order valence-electron chi connectivity index (χ2n) is 11.5. The molecule has 224 valence electrons. The Morgan fingerprint density at radius 1 is 0.907 bits per heavy atom. The summed E-state index contributed by atoms with van der Waals surface area (Å²) in [5.41, 5.74) is 2.18. The van der Waals surface area contributed by atoms with Crippen molar-refractivity contribution in [2.75, 3.05) is 31.1 Å². The third-order valence-electron chi connectivity index (χ3n) is 8.59. The van der Waals surface area contributed by atoms with Crippen LogP contribution in [-0.2, 0) is 25.7 Å². The van der Waals surface area contributed by atoms with Crippen LogP contribution in [0.3, 0.4) is 0 Å². The van der Waals surface area contributed by atoms with Crippen LogP contribution in [0.25, 0.3) is 0 Å². The third kappa shape index (κ3) is 5.95. The smallest absolute Gasteiger partial charge is 0.407 e. The van der Waals surface area contributed by atoms with E-state index in [1.165, 1.54) is 0 Å². The number of benzene rings is 2. The minimum absolute atomic E-state index is 0.0353. The zero-order valence-electron chi connectivity index (χ0n) is 23.6. The molecule has 4 aliphatic rings. The number of carbonyl (C=O) groups is 6. The molecule has 0 aromatic heterocycles. The van der Waals surface area contributed by atoms with Gasteiger partial charge in [0.05, 0.1) is 11.1 Å². The summed E-state index contributed by atoms with van der Waals surface area (Å²) >= 11 is 0. The van der Waals surface area contributed by atoms with Gasteiger partial charge in [0.15, 0.2) is 0 Å². The first-order valence-electron chi connectivity index (χ1n) is 14.6. The van der Waals surface area contributed by atoms with Crippen LogP contribution in [0.1, 0.15) is 58.4 Å². The van der Waals surface area contributed by atoms with Crippen molar-refractivity contribution in [3.8, 4) is 0 Å². The maximum absolute atomic E-state index is 13.1. The molecule has 0 radical (unpaired) electrons. The first kappa shape index (κ1) is 28.4. The van der Waals surface area contributed by atoms with Crippen LogP contribution in [0.4, 0.5) is 10.5 Å². The van der Waals surface area contributed by atoms with E-state index in [4.69, 9.17) is 4.74 Å². The van der Waals surface area contributed by atoms with E-state index in [-0.39, 0.29) is 48.4 Å². The highest BCUT2D eigenvalue weighted by molar-refractivity contribution is 6.23. The van der Waals surface area contributed by atoms with Gasteiger partial charge < -0.3 is 19.9 Å². The number of alkyl carbamates (subject to hydrolysis) is 1. The van der Waals surface area contributed by atoms with E-state index in [1.54, 1.807) is 18.2 Å². The number of nitrogens with zero attached hydrogens (tertiary/aromatic N) is 3. The van der Waals surface area contributed by atoms with Gasteiger partial charge in [-0.2, -0.15) is 0 Å². The number of imide groups is 2. The predicted octanol–water partition coefficient (Wildman–Crippen LogP) is 1.83. The maximum Gasteiger partial charge on any atom is 0.407 e. The topological polar surface area (TPSA) is 145 Å². The lowest BCUT2D eigenvalue weighted by molar-refractivity contribution is -0.136. The van der Waals surface area contributed by atoms with Gasteiger partial charge in [0.25, 0.3) is 11.8 Å². The van der Waals surface area contributed by atoms with E-state index < -0.39 is 35.8 Å². The van der Waals surface area contributed by atoms with Gasteiger partial charge >= 0.3 is 6.09 Å². The Morgan fingerprint density at radius 2 is 1.63 bits per heavy atom. The Morgan fingerprint density at radius 3 is 2.35 bits per heavy atom. The van der Waals surface area contributed by atoms with E-state index in [0.29, 0.717) is 45.4 Å². The van der Waals surface area contributed by atoms with Crippen LogP contribution >= 0.6 is 0 Å². The highest BCUT2D eigenvalue weighted by atomic mass is 16.5. The molecule has 6 amide bonds. The average Bonchev–Trinajstić information content (AvgIpc) is 3.23.